The molecule has 2 N–H and O–H groups in total. The summed E-state index contributed by atoms with van der Waals surface area (Å²) in [5.41, 5.74) is 6.03. The van der Waals surface area contributed by atoms with Crippen LogP contribution in [0.1, 0.15) is 6.42 Å². The zero-order valence-electron chi connectivity index (χ0n) is 10.3. The van der Waals surface area contributed by atoms with Crippen molar-refractivity contribution >= 4 is 23.4 Å². The number of hydrogen-bond acceptors (Lipinski definition) is 3. The summed E-state index contributed by atoms with van der Waals surface area (Å²) in [6.07, 6.45) is 2.48. The summed E-state index contributed by atoms with van der Waals surface area (Å²) in [4.78, 5) is 13.2. The van der Waals surface area contributed by atoms with Crippen LogP contribution in [0.25, 0.3) is 0 Å². The van der Waals surface area contributed by atoms with Crippen molar-refractivity contribution in [3.8, 4) is 0 Å². The standard InChI is InChI=1S/C12H16F2N2OS/c1-16(12(17)11(15)5-6-18-2)8-3-4-9(13)10(14)7-8/h3-4,7,11H,5-6,15H2,1-2H3. The summed E-state index contributed by atoms with van der Waals surface area (Å²) in [7, 11) is 1.49. The van der Waals surface area contributed by atoms with E-state index in [9.17, 15) is 13.6 Å². The number of carbonyl (C=O) groups excluding carboxylic acids is 1. The Labute approximate surface area is 109 Å². The smallest absolute Gasteiger partial charge is 0.243 e. The molecular formula is C12H16F2N2OS. The van der Waals surface area contributed by atoms with Crippen molar-refractivity contribution in [2.45, 2.75) is 12.5 Å². The molecule has 1 amide bonds. The lowest BCUT2D eigenvalue weighted by molar-refractivity contribution is -0.119. The molecule has 0 radical (unpaired) electrons. The van der Waals surface area contributed by atoms with Gasteiger partial charge in [0.25, 0.3) is 0 Å². The number of halogens is 2. The lowest BCUT2D eigenvalue weighted by Crippen LogP contribution is -2.42. The van der Waals surface area contributed by atoms with Crippen LogP contribution in [0.15, 0.2) is 18.2 Å². The molecule has 0 saturated carbocycles. The normalized spacial score (nSPS) is 12.3. The number of anilines is 1. The number of nitrogens with two attached hydrogens (primary N) is 1. The fourth-order valence-electron chi connectivity index (χ4n) is 1.44. The predicted octanol–water partition coefficient (Wildman–Crippen LogP) is 2.01. The van der Waals surface area contributed by atoms with Gasteiger partial charge in [-0.2, -0.15) is 11.8 Å². The zero-order chi connectivity index (χ0) is 13.7. The van der Waals surface area contributed by atoms with Crippen LogP contribution in [0.2, 0.25) is 0 Å². The Morgan fingerprint density at radius 1 is 1.44 bits per heavy atom. The molecule has 1 aromatic carbocycles. The molecule has 1 atom stereocenters. The molecule has 100 valence electrons. The minimum absolute atomic E-state index is 0.290. The highest BCUT2D eigenvalue weighted by Crippen LogP contribution is 2.17. The van der Waals surface area contributed by atoms with Crippen LogP contribution >= 0.6 is 11.8 Å². The van der Waals surface area contributed by atoms with Crippen LogP contribution < -0.4 is 10.6 Å². The van der Waals surface area contributed by atoms with Gasteiger partial charge in [-0.3, -0.25) is 4.79 Å². The van der Waals surface area contributed by atoms with Crippen LogP contribution in [-0.2, 0) is 4.79 Å². The Bertz CT molecular complexity index is 429. The monoisotopic (exact) mass is 274 g/mol. The van der Waals surface area contributed by atoms with E-state index in [1.807, 2.05) is 6.26 Å². The predicted molar refractivity (Wildman–Crippen MR) is 70.7 cm³/mol. The van der Waals surface area contributed by atoms with E-state index in [4.69, 9.17) is 5.73 Å². The van der Waals surface area contributed by atoms with Crippen molar-refractivity contribution in [1.29, 1.82) is 0 Å². The second-order valence-corrected chi connectivity index (χ2v) is 4.87. The molecule has 1 rings (SSSR count). The molecule has 1 unspecified atom stereocenters. The molecule has 0 aliphatic rings. The highest BCUT2D eigenvalue weighted by atomic mass is 32.2. The molecule has 0 heterocycles. The number of rotatable bonds is 5. The van der Waals surface area contributed by atoms with Gasteiger partial charge in [0.1, 0.15) is 0 Å². The van der Waals surface area contributed by atoms with Crippen molar-refractivity contribution < 1.29 is 13.6 Å². The van der Waals surface area contributed by atoms with Gasteiger partial charge < -0.3 is 10.6 Å². The number of benzene rings is 1. The molecule has 1 aromatic rings. The first-order valence-corrected chi connectivity index (χ1v) is 6.84. The van der Waals surface area contributed by atoms with E-state index in [-0.39, 0.29) is 5.91 Å². The van der Waals surface area contributed by atoms with Gasteiger partial charge in [0.15, 0.2) is 11.6 Å². The molecule has 0 saturated heterocycles. The van der Waals surface area contributed by atoms with Gasteiger partial charge in [-0.05, 0) is 30.6 Å². The highest BCUT2D eigenvalue weighted by Gasteiger charge is 2.19. The third-order valence-electron chi connectivity index (χ3n) is 2.57. The van der Waals surface area contributed by atoms with Crippen LogP contribution in [0.3, 0.4) is 0 Å². The number of amides is 1. The largest absolute Gasteiger partial charge is 0.320 e. The number of hydrogen-bond donors (Lipinski definition) is 1. The summed E-state index contributed by atoms with van der Waals surface area (Å²) >= 11 is 1.60. The van der Waals surface area contributed by atoms with Crippen molar-refractivity contribution in [3.63, 3.8) is 0 Å². The summed E-state index contributed by atoms with van der Waals surface area (Å²) in [6.45, 7) is 0. The maximum absolute atomic E-state index is 13.1. The third kappa shape index (κ3) is 3.68. The molecular weight excluding hydrogens is 258 g/mol. The van der Waals surface area contributed by atoms with Crippen LogP contribution in [0, 0.1) is 11.6 Å². The average Bonchev–Trinajstić information content (AvgIpc) is 2.37. The highest BCUT2D eigenvalue weighted by molar-refractivity contribution is 7.98. The quantitative estimate of drug-likeness (QED) is 0.893. The van der Waals surface area contributed by atoms with E-state index in [2.05, 4.69) is 0 Å². The molecule has 0 aromatic heterocycles. The van der Waals surface area contributed by atoms with Crippen LogP contribution in [0.4, 0.5) is 14.5 Å². The molecule has 0 spiro atoms. The van der Waals surface area contributed by atoms with Gasteiger partial charge >= 0.3 is 0 Å². The van der Waals surface area contributed by atoms with E-state index in [1.54, 1.807) is 11.8 Å². The van der Waals surface area contributed by atoms with Gasteiger partial charge in [-0.1, -0.05) is 0 Å². The first-order chi connectivity index (χ1) is 8.47. The summed E-state index contributed by atoms with van der Waals surface area (Å²) in [5, 5.41) is 0. The van der Waals surface area contributed by atoms with E-state index in [1.165, 1.54) is 18.0 Å². The van der Waals surface area contributed by atoms with Gasteiger partial charge in [-0.25, -0.2) is 8.78 Å². The van der Waals surface area contributed by atoms with Crippen LogP contribution in [0.5, 0.6) is 0 Å². The molecule has 6 heteroatoms. The zero-order valence-corrected chi connectivity index (χ0v) is 11.1. The molecule has 0 fully saturated rings. The third-order valence-corrected chi connectivity index (χ3v) is 3.22. The average molecular weight is 274 g/mol. The van der Waals surface area contributed by atoms with Gasteiger partial charge in [0.2, 0.25) is 5.91 Å². The van der Waals surface area contributed by atoms with E-state index < -0.39 is 17.7 Å². The lowest BCUT2D eigenvalue weighted by atomic mass is 10.2. The SMILES string of the molecule is CSCCC(N)C(=O)N(C)c1ccc(F)c(F)c1. The summed E-state index contributed by atoms with van der Waals surface area (Å²) in [6, 6.07) is 2.68. The first kappa shape index (κ1) is 14.9. The van der Waals surface area contributed by atoms with E-state index in [0.717, 1.165) is 17.9 Å². The Balaban J connectivity index is 2.76. The maximum atomic E-state index is 13.1. The molecule has 0 aliphatic heterocycles. The fraction of sp³-hybridized carbons (Fsp3) is 0.417. The topological polar surface area (TPSA) is 46.3 Å². The van der Waals surface area contributed by atoms with Crippen molar-refractivity contribution in [3.05, 3.63) is 29.8 Å². The van der Waals surface area contributed by atoms with Crippen molar-refractivity contribution in [2.24, 2.45) is 5.73 Å². The van der Waals surface area contributed by atoms with Crippen molar-refractivity contribution in [1.82, 2.24) is 0 Å². The maximum Gasteiger partial charge on any atom is 0.243 e. The number of nitrogens with zero attached hydrogens (tertiary/aromatic N) is 1. The Kier molecular flexibility index (Phi) is 5.55. The second-order valence-electron chi connectivity index (χ2n) is 3.88. The molecule has 0 aliphatic carbocycles. The molecule has 0 bridgehead atoms. The number of carbonyl (C=O) groups is 1. The Morgan fingerprint density at radius 3 is 2.67 bits per heavy atom. The molecule has 3 nitrogen and oxygen atoms in total. The fourth-order valence-corrected chi connectivity index (χ4v) is 1.93. The van der Waals surface area contributed by atoms with E-state index in [0.29, 0.717) is 12.1 Å². The minimum Gasteiger partial charge on any atom is -0.320 e. The summed E-state index contributed by atoms with van der Waals surface area (Å²) in [5.74, 6) is -1.45. The minimum atomic E-state index is -0.982. The number of likely N-dealkylation sites (N-methyl/N-ethyl adjacent to an activating group) is 1. The van der Waals surface area contributed by atoms with Gasteiger partial charge in [0, 0.05) is 18.8 Å². The Hall–Kier alpha value is -1.14. The Morgan fingerprint density at radius 2 is 2.11 bits per heavy atom. The summed E-state index contributed by atoms with van der Waals surface area (Å²) < 4.78 is 25.8. The second kappa shape index (κ2) is 6.70. The van der Waals surface area contributed by atoms with E-state index >= 15 is 0 Å². The van der Waals surface area contributed by atoms with Crippen LogP contribution in [-0.4, -0.2) is 31.0 Å². The van der Waals surface area contributed by atoms with Gasteiger partial charge in [0.05, 0.1) is 6.04 Å². The molecule has 18 heavy (non-hydrogen) atoms. The number of thioether (sulfide) groups is 1. The van der Waals surface area contributed by atoms with Gasteiger partial charge in [-0.15, -0.1) is 0 Å². The lowest BCUT2D eigenvalue weighted by Gasteiger charge is -2.21. The first-order valence-electron chi connectivity index (χ1n) is 5.44. The van der Waals surface area contributed by atoms with Crippen molar-refractivity contribution in [2.75, 3.05) is 24.0 Å².